The first kappa shape index (κ1) is 15.7. The Morgan fingerprint density at radius 1 is 1.38 bits per heavy atom. The molecular weight excluding hydrogens is 315 g/mol. The smallest absolute Gasteiger partial charge is 0.326 e. The maximum atomic E-state index is 13.1. The van der Waals surface area contributed by atoms with Gasteiger partial charge < -0.3 is 9.88 Å². The molecule has 128 valence electrons. The number of hydrogen-bond donors (Lipinski definition) is 1. The van der Waals surface area contributed by atoms with E-state index < -0.39 is 11.7 Å². The van der Waals surface area contributed by atoms with Gasteiger partial charge in [-0.1, -0.05) is 6.58 Å². The minimum Gasteiger partial charge on any atom is -0.326 e. The third-order valence-electron chi connectivity index (χ3n) is 5.38. The lowest BCUT2D eigenvalue weighted by atomic mass is 9.92. The lowest BCUT2D eigenvalue weighted by Gasteiger charge is -2.29. The van der Waals surface area contributed by atoms with Gasteiger partial charge in [0.2, 0.25) is 0 Å². The van der Waals surface area contributed by atoms with Crippen LogP contribution in [0.1, 0.15) is 49.0 Å². The number of hydrogen-bond acceptors (Lipinski definition) is 2. The molecule has 2 fully saturated rings. The number of aromatic nitrogens is 2. The molecule has 4 rings (SSSR count). The molecule has 1 aliphatic carbocycles. The Balaban J connectivity index is 1.93. The average Bonchev–Trinajstić information content (AvgIpc) is 3.12. The summed E-state index contributed by atoms with van der Waals surface area (Å²) >= 11 is 0. The molecule has 0 bridgehead atoms. The van der Waals surface area contributed by atoms with Crippen molar-refractivity contribution in [3.8, 4) is 0 Å². The van der Waals surface area contributed by atoms with E-state index in [0.29, 0.717) is 23.1 Å². The van der Waals surface area contributed by atoms with Crippen LogP contribution in [0.25, 0.3) is 16.6 Å². The molecule has 2 aromatic heterocycles. The molecule has 2 atom stereocenters. The van der Waals surface area contributed by atoms with Gasteiger partial charge in [-0.2, -0.15) is 13.2 Å². The van der Waals surface area contributed by atoms with Crippen molar-refractivity contribution in [3.63, 3.8) is 0 Å². The molecule has 0 radical (unpaired) electrons. The quantitative estimate of drug-likeness (QED) is 0.841. The second kappa shape index (κ2) is 5.09. The second-order valence-corrected chi connectivity index (χ2v) is 6.97. The number of alkyl halides is 3. The topological polar surface area (TPSA) is 39.8 Å². The highest BCUT2D eigenvalue weighted by Crippen LogP contribution is 2.42. The van der Waals surface area contributed by atoms with Crippen LogP contribution in [0.5, 0.6) is 0 Å². The molecule has 1 saturated heterocycles. The van der Waals surface area contributed by atoms with Gasteiger partial charge in [0.15, 0.2) is 0 Å². The molecule has 6 heteroatoms. The molecule has 0 amide bonds. The highest BCUT2D eigenvalue weighted by atomic mass is 19.4. The van der Waals surface area contributed by atoms with Gasteiger partial charge >= 0.3 is 6.18 Å². The van der Waals surface area contributed by atoms with Crippen LogP contribution in [0, 0.1) is 6.92 Å². The summed E-state index contributed by atoms with van der Waals surface area (Å²) in [5.41, 5.74) is 2.62. The van der Waals surface area contributed by atoms with E-state index in [4.69, 9.17) is 0 Å². The van der Waals surface area contributed by atoms with Crippen LogP contribution >= 0.6 is 0 Å². The van der Waals surface area contributed by atoms with Gasteiger partial charge in [-0.05, 0) is 44.7 Å². The summed E-state index contributed by atoms with van der Waals surface area (Å²) < 4.78 is 41.5. The van der Waals surface area contributed by atoms with Crippen LogP contribution in [-0.2, 0) is 6.18 Å². The van der Waals surface area contributed by atoms with Crippen LogP contribution in [0.15, 0.2) is 18.8 Å². The van der Waals surface area contributed by atoms with E-state index in [1.165, 1.54) is 6.07 Å². The van der Waals surface area contributed by atoms with Crippen molar-refractivity contribution in [2.24, 2.45) is 0 Å². The molecule has 1 N–H and O–H groups in total. The Kier molecular flexibility index (Phi) is 3.33. The van der Waals surface area contributed by atoms with Gasteiger partial charge in [-0.15, -0.1) is 0 Å². The van der Waals surface area contributed by atoms with Crippen molar-refractivity contribution in [3.05, 3.63) is 35.7 Å². The number of rotatable bonds is 3. The number of fused-ring (bicyclic) bond motifs is 1. The van der Waals surface area contributed by atoms with E-state index in [9.17, 15) is 13.2 Å². The maximum absolute atomic E-state index is 13.1. The average molecular weight is 335 g/mol. The van der Waals surface area contributed by atoms with Gasteiger partial charge in [0.05, 0.1) is 5.56 Å². The van der Waals surface area contributed by atoms with Crippen molar-refractivity contribution in [2.75, 3.05) is 0 Å². The zero-order chi connectivity index (χ0) is 17.2. The maximum Gasteiger partial charge on any atom is 0.417 e. The standard InChI is InChI=1S/C18H20F3N3/c1-9(16-10(2)23-16)15-11(3)24(13-5-4-6-13)17-14(15)7-12(8-22-17)18(19,20)21/h7-8,10,13,16,23H,1,4-6H2,2-3H3. The third kappa shape index (κ3) is 2.27. The van der Waals surface area contributed by atoms with Crippen molar-refractivity contribution in [2.45, 2.75) is 57.4 Å². The van der Waals surface area contributed by atoms with Gasteiger partial charge in [-0.25, -0.2) is 4.98 Å². The van der Waals surface area contributed by atoms with Crippen LogP contribution < -0.4 is 5.32 Å². The molecule has 0 aromatic carbocycles. The zero-order valence-electron chi connectivity index (χ0n) is 13.7. The number of nitrogens with zero attached hydrogens (tertiary/aromatic N) is 2. The molecule has 2 aromatic rings. The summed E-state index contributed by atoms with van der Waals surface area (Å²) in [7, 11) is 0. The largest absolute Gasteiger partial charge is 0.417 e. The fraction of sp³-hybridized carbons (Fsp3) is 0.500. The summed E-state index contributed by atoms with van der Waals surface area (Å²) in [5.74, 6) is 0. The molecule has 3 heterocycles. The van der Waals surface area contributed by atoms with Crippen LogP contribution in [-0.4, -0.2) is 21.6 Å². The zero-order valence-corrected chi connectivity index (χ0v) is 13.7. The predicted octanol–water partition coefficient (Wildman–Crippen LogP) is 4.46. The molecule has 24 heavy (non-hydrogen) atoms. The molecule has 3 nitrogen and oxygen atoms in total. The Hall–Kier alpha value is -1.82. The van der Waals surface area contributed by atoms with Crippen LogP contribution in [0.2, 0.25) is 0 Å². The predicted molar refractivity (Wildman–Crippen MR) is 87.8 cm³/mol. The van der Waals surface area contributed by atoms with Crippen molar-refractivity contribution in [1.82, 2.24) is 14.9 Å². The lowest BCUT2D eigenvalue weighted by Crippen LogP contribution is -2.18. The first-order chi connectivity index (χ1) is 11.3. The Morgan fingerprint density at radius 3 is 2.54 bits per heavy atom. The molecule has 1 aliphatic heterocycles. The summed E-state index contributed by atoms with van der Waals surface area (Å²) in [4.78, 5) is 4.19. The van der Waals surface area contributed by atoms with Crippen molar-refractivity contribution < 1.29 is 13.2 Å². The normalized spacial score (nSPS) is 24.2. The van der Waals surface area contributed by atoms with Gasteiger partial charge in [0.1, 0.15) is 5.65 Å². The monoisotopic (exact) mass is 335 g/mol. The highest BCUT2D eigenvalue weighted by Gasteiger charge is 2.38. The number of pyridine rings is 1. The Bertz CT molecular complexity index is 830. The molecular formula is C18H20F3N3. The summed E-state index contributed by atoms with van der Waals surface area (Å²) in [6.45, 7) is 8.20. The second-order valence-electron chi connectivity index (χ2n) is 6.97. The van der Waals surface area contributed by atoms with E-state index in [2.05, 4.69) is 28.4 Å². The Morgan fingerprint density at radius 2 is 2.04 bits per heavy atom. The molecule has 2 aliphatic rings. The van der Waals surface area contributed by atoms with Crippen LogP contribution in [0.3, 0.4) is 0 Å². The fourth-order valence-corrected chi connectivity index (χ4v) is 3.75. The minimum absolute atomic E-state index is 0.138. The minimum atomic E-state index is -4.39. The first-order valence-electron chi connectivity index (χ1n) is 8.32. The molecule has 0 spiro atoms. The summed E-state index contributed by atoms with van der Waals surface area (Å²) in [5, 5.41) is 3.85. The summed E-state index contributed by atoms with van der Waals surface area (Å²) in [6, 6.07) is 2.03. The van der Waals surface area contributed by atoms with Crippen molar-refractivity contribution >= 4 is 16.6 Å². The molecule has 1 saturated carbocycles. The van der Waals surface area contributed by atoms with E-state index >= 15 is 0 Å². The highest BCUT2D eigenvalue weighted by molar-refractivity contribution is 5.95. The van der Waals surface area contributed by atoms with E-state index in [0.717, 1.165) is 42.3 Å². The SMILES string of the molecule is C=C(c1c(C)n(C2CCC2)c2ncc(C(F)(F)F)cc12)C1NC1C. The van der Waals surface area contributed by atoms with Crippen LogP contribution in [0.4, 0.5) is 13.2 Å². The van der Waals surface area contributed by atoms with Gasteiger partial charge in [0, 0.05) is 41.0 Å². The van der Waals surface area contributed by atoms with Crippen molar-refractivity contribution in [1.29, 1.82) is 0 Å². The fourth-order valence-electron chi connectivity index (χ4n) is 3.75. The summed E-state index contributed by atoms with van der Waals surface area (Å²) in [6.07, 6.45) is -0.185. The van der Waals surface area contributed by atoms with E-state index in [1.807, 2.05) is 6.92 Å². The number of halogens is 3. The Labute approximate surface area is 138 Å². The van der Waals surface area contributed by atoms with Gasteiger partial charge in [-0.3, -0.25) is 0 Å². The first-order valence-corrected chi connectivity index (χ1v) is 8.32. The lowest BCUT2D eigenvalue weighted by molar-refractivity contribution is -0.137. The van der Waals surface area contributed by atoms with E-state index in [1.54, 1.807) is 0 Å². The molecule has 2 unspecified atom stereocenters. The van der Waals surface area contributed by atoms with Gasteiger partial charge in [0.25, 0.3) is 0 Å². The van der Waals surface area contributed by atoms with E-state index in [-0.39, 0.29) is 6.04 Å². The third-order valence-corrected chi connectivity index (χ3v) is 5.38. The number of nitrogens with one attached hydrogen (secondary N) is 1.